The van der Waals surface area contributed by atoms with Crippen LogP contribution in [0, 0.1) is 27.7 Å². The molecule has 0 saturated carbocycles. The monoisotopic (exact) mass is 481 g/mol. The van der Waals surface area contributed by atoms with E-state index in [1.807, 2.05) is 11.0 Å². The van der Waals surface area contributed by atoms with Gasteiger partial charge in [0.05, 0.1) is 17.6 Å². The standard InChI is InChI=1S/C31H35N3O2/c1-21-11-12-29(24(4)16-21)36-14-8-7-13-33-28-10-6-5-9-27(28)32-31(33)25-19-30(35)34(20-25)26-17-22(2)15-23(3)18-26/h5-6,9-12,15-18,25H,7-8,13-14,19-20H2,1-4H3. The molecular formula is C31H35N3O2. The molecule has 5 nitrogen and oxygen atoms in total. The second kappa shape index (κ2) is 10.2. The van der Waals surface area contributed by atoms with Crippen LogP contribution in [0.5, 0.6) is 5.75 Å². The van der Waals surface area contributed by atoms with Gasteiger partial charge in [-0.3, -0.25) is 4.79 Å². The van der Waals surface area contributed by atoms with Crippen LogP contribution in [0.15, 0.2) is 60.7 Å². The quantitative estimate of drug-likeness (QED) is 0.265. The van der Waals surface area contributed by atoms with Gasteiger partial charge in [-0.1, -0.05) is 35.9 Å². The number of anilines is 1. The topological polar surface area (TPSA) is 47.4 Å². The Morgan fingerprint density at radius 1 is 0.917 bits per heavy atom. The van der Waals surface area contributed by atoms with Crippen molar-refractivity contribution >= 4 is 22.6 Å². The first-order valence-electron chi connectivity index (χ1n) is 12.9. The van der Waals surface area contributed by atoms with Crippen molar-refractivity contribution in [2.24, 2.45) is 0 Å². The highest BCUT2D eigenvalue weighted by Gasteiger charge is 2.35. The normalized spacial score (nSPS) is 15.7. The SMILES string of the molecule is Cc1cc(C)cc(N2CC(c3nc4ccccc4n3CCCCOc3ccc(C)cc3C)CC2=O)c1. The first kappa shape index (κ1) is 24.1. The number of hydrogen-bond donors (Lipinski definition) is 0. The molecule has 3 aromatic carbocycles. The Morgan fingerprint density at radius 2 is 1.69 bits per heavy atom. The Hall–Kier alpha value is -3.60. The molecule has 0 radical (unpaired) electrons. The molecule has 0 N–H and O–H groups in total. The summed E-state index contributed by atoms with van der Waals surface area (Å²) in [6.45, 7) is 10.6. The number of benzene rings is 3. The number of imidazole rings is 1. The van der Waals surface area contributed by atoms with Crippen LogP contribution in [0.4, 0.5) is 5.69 Å². The number of ether oxygens (including phenoxy) is 1. The van der Waals surface area contributed by atoms with E-state index < -0.39 is 0 Å². The van der Waals surface area contributed by atoms with E-state index in [-0.39, 0.29) is 11.8 Å². The van der Waals surface area contributed by atoms with Gasteiger partial charge < -0.3 is 14.2 Å². The Balaban J connectivity index is 1.30. The van der Waals surface area contributed by atoms with Gasteiger partial charge in [-0.15, -0.1) is 0 Å². The average Bonchev–Trinajstić information content (AvgIpc) is 3.40. The van der Waals surface area contributed by atoms with Crippen LogP contribution in [0.1, 0.15) is 53.3 Å². The number of carbonyl (C=O) groups is 1. The van der Waals surface area contributed by atoms with Crippen molar-refractivity contribution in [3.63, 3.8) is 0 Å². The summed E-state index contributed by atoms with van der Waals surface area (Å²) in [5.41, 5.74) is 7.91. The number of nitrogens with zero attached hydrogens (tertiary/aromatic N) is 3. The number of unbranched alkanes of at least 4 members (excludes halogenated alkanes) is 1. The van der Waals surface area contributed by atoms with Crippen molar-refractivity contribution in [1.29, 1.82) is 0 Å². The van der Waals surface area contributed by atoms with Crippen LogP contribution in [-0.4, -0.2) is 28.6 Å². The molecular weight excluding hydrogens is 446 g/mol. The molecule has 1 fully saturated rings. The molecule has 1 aromatic heterocycles. The number of para-hydroxylation sites is 2. The summed E-state index contributed by atoms with van der Waals surface area (Å²) in [6, 6.07) is 21.0. The lowest BCUT2D eigenvalue weighted by atomic mass is 10.1. The summed E-state index contributed by atoms with van der Waals surface area (Å²) in [4.78, 5) is 20.0. The highest BCUT2D eigenvalue weighted by Crippen LogP contribution is 2.34. The first-order chi connectivity index (χ1) is 17.4. The van der Waals surface area contributed by atoms with E-state index in [0.29, 0.717) is 19.6 Å². The van der Waals surface area contributed by atoms with E-state index in [9.17, 15) is 4.79 Å². The maximum atomic E-state index is 13.1. The number of aromatic nitrogens is 2. The highest BCUT2D eigenvalue weighted by molar-refractivity contribution is 5.96. The minimum atomic E-state index is 0.0807. The molecule has 0 aliphatic carbocycles. The summed E-state index contributed by atoms with van der Waals surface area (Å²) < 4.78 is 8.38. The van der Waals surface area contributed by atoms with Gasteiger partial charge in [0.25, 0.3) is 0 Å². The van der Waals surface area contributed by atoms with Crippen LogP contribution in [-0.2, 0) is 11.3 Å². The van der Waals surface area contributed by atoms with E-state index in [1.54, 1.807) is 0 Å². The van der Waals surface area contributed by atoms with Gasteiger partial charge in [0.2, 0.25) is 5.91 Å². The lowest BCUT2D eigenvalue weighted by Crippen LogP contribution is -2.24. The van der Waals surface area contributed by atoms with E-state index in [0.717, 1.165) is 47.7 Å². The largest absolute Gasteiger partial charge is 0.493 e. The minimum absolute atomic E-state index is 0.0807. The smallest absolute Gasteiger partial charge is 0.227 e. The zero-order valence-corrected chi connectivity index (χ0v) is 21.8. The Labute approximate surface area is 213 Å². The molecule has 1 unspecified atom stereocenters. The zero-order chi connectivity index (χ0) is 25.2. The van der Waals surface area contributed by atoms with Crippen LogP contribution in [0.25, 0.3) is 11.0 Å². The maximum absolute atomic E-state index is 13.1. The van der Waals surface area contributed by atoms with Crippen LogP contribution in [0.2, 0.25) is 0 Å². The summed E-state index contributed by atoms with van der Waals surface area (Å²) >= 11 is 0. The molecule has 0 bridgehead atoms. The van der Waals surface area contributed by atoms with Crippen molar-refractivity contribution < 1.29 is 9.53 Å². The summed E-state index contributed by atoms with van der Waals surface area (Å²) in [7, 11) is 0. The van der Waals surface area contributed by atoms with Crippen LogP contribution in [0.3, 0.4) is 0 Å². The Morgan fingerprint density at radius 3 is 2.47 bits per heavy atom. The number of carbonyl (C=O) groups excluding carboxylic acids is 1. The van der Waals surface area contributed by atoms with Gasteiger partial charge in [-0.2, -0.15) is 0 Å². The lowest BCUT2D eigenvalue weighted by Gasteiger charge is -2.19. The van der Waals surface area contributed by atoms with E-state index in [1.165, 1.54) is 22.3 Å². The molecule has 1 atom stereocenters. The molecule has 0 spiro atoms. The first-order valence-corrected chi connectivity index (χ1v) is 12.9. The Kier molecular flexibility index (Phi) is 6.82. The van der Waals surface area contributed by atoms with Gasteiger partial charge in [0.15, 0.2) is 0 Å². The minimum Gasteiger partial charge on any atom is -0.493 e. The van der Waals surface area contributed by atoms with Crippen molar-refractivity contribution in [3.05, 3.63) is 88.7 Å². The Bertz CT molecular complexity index is 1380. The molecule has 36 heavy (non-hydrogen) atoms. The fourth-order valence-electron chi connectivity index (χ4n) is 5.39. The predicted octanol–water partition coefficient (Wildman–Crippen LogP) is 6.65. The number of aryl methyl sites for hydroxylation is 5. The van der Waals surface area contributed by atoms with Crippen molar-refractivity contribution in [2.75, 3.05) is 18.1 Å². The molecule has 186 valence electrons. The van der Waals surface area contributed by atoms with Gasteiger partial charge in [0.1, 0.15) is 11.6 Å². The van der Waals surface area contributed by atoms with Crippen LogP contribution < -0.4 is 9.64 Å². The maximum Gasteiger partial charge on any atom is 0.227 e. The second-order valence-electron chi connectivity index (χ2n) is 10.2. The van der Waals surface area contributed by atoms with Crippen molar-refractivity contribution in [1.82, 2.24) is 9.55 Å². The van der Waals surface area contributed by atoms with Gasteiger partial charge >= 0.3 is 0 Å². The fraction of sp³-hybridized carbons (Fsp3) is 0.355. The molecule has 5 rings (SSSR count). The second-order valence-corrected chi connectivity index (χ2v) is 10.2. The van der Waals surface area contributed by atoms with Gasteiger partial charge in [-0.25, -0.2) is 4.98 Å². The van der Waals surface area contributed by atoms with E-state index in [4.69, 9.17) is 9.72 Å². The van der Waals surface area contributed by atoms with E-state index >= 15 is 0 Å². The number of hydrogen-bond acceptors (Lipinski definition) is 3. The molecule has 1 aliphatic heterocycles. The third kappa shape index (κ3) is 5.01. The number of fused-ring (bicyclic) bond motifs is 1. The van der Waals surface area contributed by atoms with Crippen molar-refractivity contribution in [2.45, 2.75) is 59.4 Å². The lowest BCUT2D eigenvalue weighted by molar-refractivity contribution is -0.117. The molecule has 1 aliphatic rings. The van der Waals surface area contributed by atoms with Crippen molar-refractivity contribution in [3.8, 4) is 5.75 Å². The summed E-state index contributed by atoms with van der Waals surface area (Å²) in [6.07, 6.45) is 2.43. The predicted molar refractivity (Wildman–Crippen MR) is 146 cm³/mol. The van der Waals surface area contributed by atoms with E-state index in [2.05, 4.69) is 86.9 Å². The third-order valence-electron chi connectivity index (χ3n) is 7.06. The fourth-order valence-corrected chi connectivity index (χ4v) is 5.39. The molecule has 1 amide bonds. The molecule has 1 saturated heterocycles. The highest BCUT2D eigenvalue weighted by atomic mass is 16.5. The molecule has 4 aromatic rings. The number of amides is 1. The summed E-state index contributed by atoms with van der Waals surface area (Å²) in [5.74, 6) is 2.24. The zero-order valence-electron chi connectivity index (χ0n) is 21.8. The average molecular weight is 482 g/mol. The van der Waals surface area contributed by atoms with Crippen LogP contribution >= 0.6 is 0 Å². The van der Waals surface area contributed by atoms with Gasteiger partial charge in [-0.05, 0) is 87.6 Å². The number of rotatable bonds is 8. The summed E-state index contributed by atoms with van der Waals surface area (Å²) in [5, 5.41) is 0. The van der Waals surface area contributed by atoms with Gasteiger partial charge in [0, 0.05) is 31.1 Å². The molecule has 2 heterocycles. The third-order valence-corrected chi connectivity index (χ3v) is 7.06. The molecule has 5 heteroatoms.